The van der Waals surface area contributed by atoms with Crippen LogP contribution in [0.15, 0.2) is 53.2 Å². The number of benzene rings is 1. The Morgan fingerprint density at radius 1 is 1.17 bits per heavy atom. The largest absolute Gasteiger partial charge is 0.356 e. The van der Waals surface area contributed by atoms with E-state index in [4.69, 9.17) is 0 Å². The average Bonchev–Trinajstić information content (AvgIpc) is 2.65. The summed E-state index contributed by atoms with van der Waals surface area (Å²) in [6.07, 6.45) is 10.6. The van der Waals surface area contributed by atoms with Crippen molar-refractivity contribution in [2.75, 3.05) is 13.6 Å². The van der Waals surface area contributed by atoms with Crippen LogP contribution in [0.2, 0.25) is 0 Å². The lowest BCUT2D eigenvalue weighted by atomic mass is 9.97. The van der Waals surface area contributed by atoms with Crippen LogP contribution in [0.25, 0.3) is 10.8 Å². The second kappa shape index (κ2) is 8.48. The van der Waals surface area contributed by atoms with E-state index in [1.54, 1.807) is 5.57 Å². The number of nitrogens with zero attached hydrogens (tertiary/aromatic N) is 2. The lowest BCUT2D eigenvalue weighted by Crippen LogP contribution is -2.37. The van der Waals surface area contributed by atoms with Gasteiger partial charge in [-0.25, -0.2) is 0 Å². The maximum Gasteiger partial charge on any atom is 0.191 e. The molecule has 3 rings (SSSR count). The van der Waals surface area contributed by atoms with Crippen molar-refractivity contribution >= 4 is 16.7 Å². The van der Waals surface area contributed by atoms with E-state index in [1.807, 2.05) is 19.3 Å². The summed E-state index contributed by atoms with van der Waals surface area (Å²) in [5.74, 6) is 0.834. The molecule has 0 saturated carbocycles. The first kappa shape index (κ1) is 16.5. The Labute approximate surface area is 144 Å². The highest BCUT2D eigenvalue weighted by Crippen LogP contribution is 2.19. The van der Waals surface area contributed by atoms with Crippen LogP contribution in [-0.4, -0.2) is 24.5 Å². The number of allylic oxidation sites excluding steroid dienone is 1. The van der Waals surface area contributed by atoms with Crippen LogP contribution in [0.1, 0.15) is 37.8 Å². The molecule has 0 spiro atoms. The number of pyridine rings is 1. The van der Waals surface area contributed by atoms with Crippen LogP contribution in [0, 0.1) is 0 Å². The van der Waals surface area contributed by atoms with Gasteiger partial charge in [-0.05, 0) is 43.6 Å². The summed E-state index contributed by atoms with van der Waals surface area (Å²) >= 11 is 0. The predicted molar refractivity (Wildman–Crippen MR) is 101 cm³/mol. The van der Waals surface area contributed by atoms with Crippen LogP contribution in [-0.2, 0) is 6.54 Å². The molecule has 0 atom stereocenters. The molecule has 1 aliphatic carbocycles. The molecule has 1 aromatic carbocycles. The Morgan fingerprint density at radius 2 is 2.08 bits per heavy atom. The number of nitrogens with one attached hydrogen (secondary N) is 2. The molecule has 4 nitrogen and oxygen atoms in total. The molecule has 0 radical (unpaired) electrons. The Kier molecular flexibility index (Phi) is 5.83. The van der Waals surface area contributed by atoms with Crippen molar-refractivity contribution in [3.05, 3.63) is 53.9 Å². The van der Waals surface area contributed by atoms with Gasteiger partial charge in [-0.1, -0.05) is 35.9 Å². The summed E-state index contributed by atoms with van der Waals surface area (Å²) in [7, 11) is 1.81. The summed E-state index contributed by atoms with van der Waals surface area (Å²) in [5, 5.41) is 9.19. The minimum Gasteiger partial charge on any atom is -0.356 e. The minimum atomic E-state index is 0.670. The number of aromatic nitrogens is 1. The van der Waals surface area contributed by atoms with Crippen LogP contribution in [0.3, 0.4) is 0 Å². The summed E-state index contributed by atoms with van der Waals surface area (Å²) in [6.45, 7) is 1.60. The van der Waals surface area contributed by atoms with E-state index in [2.05, 4.69) is 51.0 Å². The molecule has 2 aromatic rings. The van der Waals surface area contributed by atoms with Gasteiger partial charge in [0.1, 0.15) is 0 Å². The number of rotatable bonds is 5. The molecule has 2 N–H and O–H groups in total. The zero-order valence-electron chi connectivity index (χ0n) is 14.4. The van der Waals surface area contributed by atoms with Crippen LogP contribution < -0.4 is 10.6 Å². The maximum atomic E-state index is 4.51. The van der Waals surface area contributed by atoms with Crippen molar-refractivity contribution in [2.24, 2.45) is 4.99 Å². The molecule has 1 heterocycles. The SMILES string of the molecule is CN=C(NCCC1=CCCCC1)NCc1nccc2ccccc12. The zero-order valence-corrected chi connectivity index (χ0v) is 14.4. The van der Waals surface area contributed by atoms with Gasteiger partial charge >= 0.3 is 0 Å². The van der Waals surface area contributed by atoms with Crippen molar-refractivity contribution < 1.29 is 0 Å². The summed E-state index contributed by atoms with van der Waals surface area (Å²) < 4.78 is 0. The molecule has 0 amide bonds. The van der Waals surface area contributed by atoms with E-state index in [1.165, 1.54) is 36.5 Å². The molecule has 0 bridgehead atoms. The molecule has 0 saturated heterocycles. The smallest absolute Gasteiger partial charge is 0.191 e. The molecule has 0 fully saturated rings. The molecule has 1 aliphatic rings. The van der Waals surface area contributed by atoms with Gasteiger partial charge in [-0.3, -0.25) is 9.98 Å². The van der Waals surface area contributed by atoms with Gasteiger partial charge in [0.15, 0.2) is 5.96 Å². The summed E-state index contributed by atoms with van der Waals surface area (Å²) in [4.78, 5) is 8.83. The third-order valence-corrected chi connectivity index (χ3v) is 4.53. The predicted octanol–water partition coefficient (Wildman–Crippen LogP) is 3.79. The number of aliphatic imine (C=N–C) groups is 1. The van der Waals surface area contributed by atoms with Crippen molar-refractivity contribution in [2.45, 2.75) is 38.6 Å². The standard InChI is InChI=1S/C20H26N4/c1-21-20(23-13-11-16-7-3-2-4-8-16)24-15-19-18-10-6-5-9-17(18)12-14-22-19/h5-7,9-10,12,14H,2-4,8,11,13,15H2,1H3,(H2,21,23,24). The quantitative estimate of drug-likeness (QED) is 0.500. The fraction of sp³-hybridized carbons (Fsp3) is 0.400. The number of fused-ring (bicyclic) bond motifs is 1. The van der Waals surface area contributed by atoms with E-state index in [-0.39, 0.29) is 0 Å². The van der Waals surface area contributed by atoms with E-state index in [0.717, 1.165) is 24.6 Å². The second-order valence-electron chi connectivity index (χ2n) is 6.19. The third kappa shape index (κ3) is 4.34. The van der Waals surface area contributed by atoms with Crippen LogP contribution in [0.4, 0.5) is 0 Å². The maximum absolute atomic E-state index is 4.51. The van der Waals surface area contributed by atoms with Crippen molar-refractivity contribution in [1.82, 2.24) is 15.6 Å². The molecule has 0 unspecified atom stereocenters. The topological polar surface area (TPSA) is 49.3 Å². The molecular weight excluding hydrogens is 296 g/mol. The van der Waals surface area contributed by atoms with Gasteiger partial charge < -0.3 is 10.6 Å². The van der Waals surface area contributed by atoms with Crippen molar-refractivity contribution in [3.8, 4) is 0 Å². The van der Waals surface area contributed by atoms with Crippen molar-refractivity contribution in [1.29, 1.82) is 0 Å². The molecule has 126 valence electrons. The summed E-state index contributed by atoms with van der Waals surface area (Å²) in [5.41, 5.74) is 2.63. The first-order valence-corrected chi connectivity index (χ1v) is 8.82. The van der Waals surface area contributed by atoms with Crippen LogP contribution in [0.5, 0.6) is 0 Å². The molecule has 4 heteroatoms. The third-order valence-electron chi connectivity index (χ3n) is 4.53. The first-order chi connectivity index (χ1) is 11.9. The van der Waals surface area contributed by atoms with Gasteiger partial charge in [0.25, 0.3) is 0 Å². The van der Waals surface area contributed by atoms with Gasteiger partial charge in [0, 0.05) is 25.2 Å². The van der Waals surface area contributed by atoms with E-state index in [0.29, 0.717) is 6.54 Å². The Balaban J connectivity index is 1.53. The fourth-order valence-corrected chi connectivity index (χ4v) is 3.18. The average molecular weight is 322 g/mol. The second-order valence-corrected chi connectivity index (χ2v) is 6.19. The van der Waals surface area contributed by atoms with Gasteiger partial charge in [-0.15, -0.1) is 0 Å². The van der Waals surface area contributed by atoms with Gasteiger partial charge in [0.05, 0.1) is 12.2 Å². The highest BCUT2D eigenvalue weighted by molar-refractivity contribution is 5.85. The monoisotopic (exact) mass is 322 g/mol. The molecule has 24 heavy (non-hydrogen) atoms. The summed E-state index contributed by atoms with van der Waals surface area (Å²) in [6, 6.07) is 10.4. The van der Waals surface area contributed by atoms with Crippen molar-refractivity contribution in [3.63, 3.8) is 0 Å². The highest BCUT2D eigenvalue weighted by atomic mass is 15.2. The molecular formula is C20H26N4. The van der Waals surface area contributed by atoms with E-state index < -0.39 is 0 Å². The van der Waals surface area contributed by atoms with Gasteiger partial charge in [0.2, 0.25) is 0 Å². The Hall–Kier alpha value is -2.36. The van der Waals surface area contributed by atoms with Gasteiger partial charge in [-0.2, -0.15) is 0 Å². The Bertz CT molecular complexity index is 728. The normalized spacial score (nSPS) is 15.2. The number of hydrogen-bond donors (Lipinski definition) is 2. The highest BCUT2D eigenvalue weighted by Gasteiger charge is 2.05. The van der Waals surface area contributed by atoms with E-state index >= 15 is 0 Å². The van der Waals surface area contributed by atoms with E-state index in [9.17, 15) is 0 Å². The fourth-order valence-electron chi connectivity index (χ4n) is 3.18. The van der Waals surface area contributed by atoms with Crippen LogP contribution >= 0.6 is 0 Å². The number of hydrogen-bond acceptors (Lipinski definition) is 2. The number of guanidine groups is 1. The zero-order chi connectivity index (χ0) is 16.6. The lowest BCUT2D eigenvalue weighted by molar-refractivity contribution is 0.665. The molecule has 1 aromatic heterocycles. The molecule has 0 aliphatic heterocycles. The lowest BCUT2D eigenvalue weighted by Gasteiger charge is -2.15. The Morgan fingerprint density at radius 3 is 2.92 bits per heavy atom. The first-order valence-electron chi connectivity index (χ1n) is 8.82. The minimum absolute atomic E-state index is 0.670.